The normalized spacial score (nSPS) is 17.6. The molecule has 0 bridgehead atoms. The van der Waals surface area contributed by atoms with Crippen molar-refractivity contribution < 1.29 is 23.8 Å². The van der Waals surface area contributed by atoms with E-state index in [9.17, 15) is 19.1 Å². The van der Waals surface area contributed by atoms with Gasteiger partial charge in [-0.25, -0.2) is 4.39 Å². The van der Waals surface area contributed by atoms with Crippen LogP contribution in [0.1, 0.15) is 24.1 Å². The molecule has 1 aliphatic rings. The molecule has 0 aliphatic carbocycles. The smallest absolute Gasteiger partial charge is 0.300 e. The number of benzene rings is 3. The van der Waals surface area contributed by atoms with Crippen molar-refractivity contribution in [3.05, 3.63) is 100 Å². The highest BCUT2D eigenvalue weighted by Gasteiger charge is 2.47. The van der Waals surface area contributed by atoms with E-state index in [4.69, 9.17) is 16.3 Å². The lowest BCUT2D eigenvalue weighted by atomic mass is 9.95. The van der Waals surface area contributed by atoms with Crippen LogP contribution in [-0.2, 0) is 9.59 Å². The predicted octanol–water partition coefficient (Wildman–Crippen LogP) is 5.50. The van der Waals surface area contributed by atoms with Gasteiger partial charge in [0.2, 0.25) is 0 Å². The minimum atomic E-state index is -0.968. The standard InChI is InChI=1S/C25H19ClFNO4/c1-2-32-20-8-3-5-16(13-20)23(29)21-22(15-9-11-18(27)12-10-15)28(25(31)24(21)30)19-7-4-6-17(26)14-19/h3-14,22,29H,2H2,1H3/b23-21+. The number of hydrogen-bond donors (Lipinski definition) is 1. The molecule has 5 nitrogen and oxygen atoms in total. The van der Waals surface area contributed by atoms with Gasteiger partial charge >= 0.3 is 0 Å². The third-order valence-corrected chi connectivity index (χ3v) is 5.37. The Hall–Kier alpha value is -3.64. The van der Waals surface area contributed by atoms with Crippen LogP contribution < -0.4 is 9.64 Å². The SMILES string of the molecule is CCOc1cccc(/C(O)=C2\C(=O)C(=O)N(c3cccc(Cl)c3)C2c2ccc(F)cc2)c1. The summed E-state index contributed by atoms with van der Waals surface area (Å²) in [6, 6.07) is 17.6. The minimum Gasteiger partial charge on any atom is -0.507 e. The Bertz CT molecular complexity index is 1220. The molecule has 7 heteroatoms. The molecule has 0 radical (unpaired) electrons. The van der Waals surface area contributed by atoms with Crippen LogP contribution in [0.15, 0.2) is 78.4 Å². The fraction of sp³-hybridized carbons (Fsp3) is 0.120. The fourth-order valence-electron chi connectivity index (χ4n) is 3.74. The summed E-state index contributed by atoms with van der Waals surface area (Å²) in [5.74, 6) is -1.96. The zero-order valence-electron chi connectivity index (χ0n) is 17.1. The number of aliphatic hydroxyl groups excluding tert-OH is 1. The third kappa shape index (κ3) is 3.97. The number of carbonyl (C=O) groups excluding carboxylic acids is 2. The molecule has 3 aromatic rings. The molecule has 0 spiro atoms. The molecule has 0 saturated carbocycles. The zero-order chi connectivity index (χ0) is 22.8. The van der Waals surface area contributed by atoms with Gasteiger partial charge in [-0.05, 0) is 55.0 Å². The maximum Gasteiger partial charge on any atom is 0.300 e. The lowest BCUT2D eigenvalue weighted by Gasteiger charge is -2.25. The molecule has 0 aromatic heterocycles. The number of halogens is 2. The van der Waals surface area contributed by atoms with Gasteiger partial charge in [-0.2, -0.15) is 0 Å². The van der Waals surface area contributed by atoms with Gasteiger partial charge in [0, 0.05) is 16.3 Å². The van der Waals surface area contributed by atoms with E-state index in [1.54, 1.807) is 48.5 Å². The first-order chi connectivity index (χ1) is 15.4. The van der Waals surface area contributed by atoms with Gasteiger partial charge < -0.3 is 9.84 Å². The van der Waals surface area contributed by atoms with Crippen LogP contribution in [0.2, 0.25) is 5.02 Å². The van der Waals surface area contributed by atoms with Crippen LogP contribution in [0, 0.1) is 5.82 Å². The maximum atomic E-state index is 13.6. The quantitative estimate of drug-likeness (QED) is 0.316. The molecule has 4 rings (SSSR count). The first-order valence-electron chi connectivity index (χ1n) is 9.96. The summed E-state index contributed by atoms with van der Waals surface area (Å²) in [5, 5.41) is 11.5. The van der Waals surface area contributed by atoms with Gasteiger partial charge in [0.25, 0.3) is 11.7 Å². The summed E-state index contributed by atoms with van der Waals surface area (Å²) in [5.41, 5.74) is 1.08. The summed E-state index contributed by atoms with van der Waals surface area (Å²) in [7, 11) is 0. The average Bonchev–Trinajstić information content (AvgIpc) is 3.05. The van der Waals surface area contributed by atoms with Crippen molar-refractivity contribution in [2.45, 2.75) is 13.0 Å². The van der Waals surface area contributed by atoms with Crippen LogP contribution in [0.3, 0.4) is 0 Å². The third-order valence-electron chi connectivity index (χ3n) is 5.14. The van der Waals surface area contributed by atoms with E-state index in [0.29, 0.717) is 34.2 Å². The Morgan fingerprint density at radius 3 is 2.47 bits per heavy atom. The molecule has 1 aliphatic heterocycles. The van der Waals surface area contributed by atoms with Crippen LogP contribution in [-0.4, -0.2) is 23.4 Å². The highest BCUT2D eigenvalue weighted by atomic mass is 35.5. The molecule has 1 saturated heterocycles. The van der Waals surface area contributed by atoms with E-state index < -0.39 is 23.5 Å². The van der Waals surface area contributed by atoms with Crippen molar-refractivity contribution >= 4 is 34.7 Å². The van der Waals surface area contributed by atoms with Crippen LogP contribution in [0.5, 0.6) is 5.75 Å². The van der Waals surface area contributed by atoms with Gasteiger partial charge in [-0.15, -0.1) is 0 Å². The van der Waals surface area contributed by atoms with E-state index in [2.05, 4.69) is 0 Å². The molecule has 162 valence electrons. The Labute approximate surface area is 189 Å². The van der Waals surface area contributed by atoms with Crippen molar-refractivity contribution in [3.63, 3.8) is 0 Å². The summed E-state index contributed by atoms with van der Waals surface area (Å²) in [4.78, 5) is 27.4. The number of Topliss-reactive ketones (excluding diaryl/α,β-unsaturated/α-hetero) is 1. The first-order valence-corrected chi connectivity index (χ1v) is 10.3. The van der Waals surface area contributed by atoms with E-state index in [1.807, 2.05) is 6.92 Å². The van der Waals surface area contributed by atoms with Crippen molar-refractivity contribution in [3.8, 4) is 5.75 Å². The second-order valence-corrected chi connectivity index (χ2v) is 7.60. The Balaban J connectivity index is 1.92. The van der Waals surface area contributed by atoms with Gasteiger partial charge in [-0.3, -0.25) is 14.5 Å². The lowest BCUT2D eigenvalue weighted by Crippen LogP contribution is -2.29. The lowest BCUT2D eigenvalue weighted by molar-refractivity contribution is -0.132. The zero-order valence-corrected chi connectivity index (χ0v) is 17.8. The van der Waals surface area contributed by atoms with Crippen molar-refractivity contribution in [1.29, 1.82) is 0 Å². The predicted molar refractivity (Wildman–Crippen MR) is 120 cm³/mol. The number of anilines is 1. The van der Waals surface area contributed by atoms with Gasteiger partial charge in [-0.1, -0.05) is 41.9 Å². The number of rotatable bonds is 5. The number of amides is 1. The van der Waals surface area contributed by atoms with Crippen LogP contribution >= 0.6 is 11.6 Å². The largest absolute Gasteiger partial charge is 0.507 e. The highest BCUT2D eigenvalue weighted by Crippen LogP contribution is 2.42. The number of hydrogen-bond acceptors (Lipinski definition) is 4. The number of carbonyl (C=O) groups is 2. The fourth-order valence-corrected chi connectivity index (χ4v) is 3.93. The Morgan fingerprint density at radius 2 is 1.78 bits per heavy atom. The molecule has 3 aromatic carbocycles. The molecular weight excluding hydrogens is 433 g/mol. The summed E-state index contributed by atoms with van der Waals surface area (Å²) < 4.78 is 19.1. The number of aliphatic hydroxyl groups is 1. The molecule has 1 atom stereocenters. The topological polar surface area (TPSA) is 66.8 Å². The maximum absolute atomic E-state index is 13.6. The number of ether oxygens (including phenoxy) is 1. The number of nitrogens with zero attached hydrogens (tertiary/aromatic N) is 1. The van der Waals surface area contributed by atoms with Crippen LogP contribution in [0.4, 0.5) is 10.1 Å². The van der Waals surface area contributed by atoms with E-state index >= 15 is 0 Å². The monoisotopic (exact) mass is 451 g/mol. The summed E-state index contributed by atoms with van der Waals surface area (Å²) >= 11 is 6.12. The van der Waals surface area contributed by atoms with Crippen LogP contribution in [0.25, 0.3) is 5.76 Å². The first kappa shape index (κ1) is 21.6. The Morgan fingerprint density at radius 1 is 1.06 bits per heavy atom. The second-order valence-electron chi connectivity index (χ2n) is 7.16. The highest BCUT2D eigenvalue weighted by molar-refractivity contribution is 6.51. The van der Waals surface area contributed by atoms with Gasteiger partial charge in [0.1, 0.15) is 17.3 Å². The second kappa shape index (κ2) is 8.85. The number of ketones is 1. The van der Waals surface area contributed by atoms with Gasteiger partial charge in [0.15, 0.2) is 0 Å². The molecule has 1 N–H and O–H groups in total. The van der Waals surface area contributed by atoms with E-state index in [-0.39, 0.29) is 11.3 Å². The van der Waals surface area contributed by atoms with Crippen molar-refractivity contribution in [2.24, 2.45) is 0 Å². The minimum absolute atomic E-state index is 0.102. The Kier molecular flexibility index (Phi) is 5.97. The van der Waals surface area contributed by atoms with E-state index in [0.717, 1.165) is 0 Å². The molecule has 1 unspecified atom stereocenters. The van der Waals surface area contributed by atoms with E-state index in [1.165, 1.54) is 29.2 Å². The molecular formula is C25H19ClFNO4. The molecule has 1 heterocycles. The molecule has 1 amide bonds. The summed E-state index contributed by atoms with van der Waals surface area (Å²) in [6.07, 6.45) is 0. The van der Waals surface area contributed by atoms with Crippen molar-refractivity contribution in [2.75, 3.05) is 11.5 Å². The summed E-state index contributed by atoms with van der Waals surface area (Å²) in [6.45, 7) is 2.26. The average molecular weight is 452 g/mol. The molecule has 1 fully saturated rings. The van der Waals surface area contributed by atoms with Crippen molar-refractivity contribution in [1.82, 2.24) is 0 Å². The van der Waals surface area contributed by atoms with Gasteiger partial charge in [0.05, 0.1) is 18.2 Å². The molecule has 32 heavy (non-hydrogen) atoms.